The van der Waals surface area contributed by atoms with Gasteiger partial charge in [0, 0.05) is 16.4 Å². The summed E-state index contributed by atoms with van der Waals surface area (Å²) >= 11 is 3.40. The van der Waals surface area contributed by atoms with Crippen LogP contribution in [0.15, 0.2) is 58.8 Å². The van der Waals surface area contributed by atoms with Crippen LogP contribution >= 0.6 is 15.9 Å². The lowest BCUT2D eigenvalue weighted by Gasteiger charge is -2.04. The predicted octanol–water partition coefficient (Wildman–Crippen LogP) is 3.95. The summed E-state index contributed by atoms with van der Waals surface area (Å²) in [6.07, 6.45) is 4.98. The molecule has 0 spiro atoms. The Balaban J connectivity index is 1.90. The van der Waals surface area contributed by atoms with Crippen LogP contribution in [0.5, 0.6) is 0 Å². The van der Waals surface area contributed by atoms with Crippen molar-refractivity contribution in [2.45, 2.75) is 6.92 Å². The van der Waals surface area contributed by atoms with Gasteiger partial charge in [0.05, 0.1) is 11.9 Å². The van der Waals surface area contributed by atoms with Crippen molar-refractivity contribution in [2.24, 2.45) is 0 Å². The first-order valence-electron chi connectivity index (χ1n) is 7.19. The summed E-state index contributed by atoms with van der Waals surface area (Å²) in [6.45, 7) is 1.97. The number of nitrogens with zero attached hydrogens (tertiary/aromatic N) is 3. The predicted molar refractivity (Wildman–Crippen MR) is 96.3 cm³/mol. The number of aromatic nitrogens is 2. The van der Waals surface area contributed by atoms with E-state index in [1.54, 1.807) is 22.7 Å². The van der Waals surface area contributed by atoms with Gasteiger partial charge in [-0.15, -0.1) is 0 Å². The number of amides is 1. The quantitative estimate of drug-likeness (QED) is 0.552. The largest absolute Gasteiger partial charge is 0.321 e. The first kappa shape index (κ1) is 16.0. The zero-order chi connectivity index (χ0) is 17.1. The molecule has 6 heteroatoms. The summed E-state index contributed by atoms with van der Waals surface area (Å²) < 4.78 is 2.69. The summed E-state index contributed by atoms with van der Waals surface area (Å²) in [5, 5.41) is 12.0. The van der Waals surface area contributed by atoms with Crippen LogP contribution in [0, 0.1) is 18.3 Å². The van der Waals surface area contributed by atoms with Gasteiger partial charge in [-0.1, -0.05) is 17.7 Å². The molecule has 0 bridgehead atoms. The molecular formula is C18H13BrN4O. The number of hydrogen-bond donors (Lipinski definition) is 1. The highest BCUT2D eigenvalue weighted by molar-refractivity contribution is 9.10. The lowest BCUT2D eigenvalue weighted by Crippen LogP contribution is -2.13. The molecule has 0 saturated heterocycles. The van der Waals surface area contributed by atoms with Crippen molar-refractivity contribution >= 4 is 39.2 Å². The molecule has 3 aromatic rings. The van der Waals surface area contributed by atoms with Gasteiger partial charge in [-0.2, -0.15) is 5.26 Å². The number of aryl methyl sites for hydroxylation is 1. The second kappa shape index (κ2) is 6.69. The zero-order valence-corrected chi connectivity index (χ0v) is 14.4. The van der Waals surface area contributed by atoms with Gasteiger partial charge in [-0.3, -0.25) is 9.20 Å². The Bertz CT molecular complexity index is 980. The van der Waals surface area contributed by atoms with E-state index in [0.717, 1.165) is 15.7 Å². The smallest absolute Gasteiger partial charge is 0.266 e. The molecule has 0 aliphatic carbocycles. The van der Waals surface area contributed by atoms with Crippen LogP contribution in [-0.4, -0.2) is 15.3 Å². The van der Waals surface area contributed by atoms with Gasteiger partial charge in [-0.05, 0) is 53.2 Å². The van der Waals surface area contributed by atoms with E-state index in [-0.39, 0.29) is 5.57 Å². The molecule has 0 fully saturated rings. The number of nitrogens with one attached hydrogen (secondary N) is 1. The van der Waals surface area contributed by atoms with E-state index in [0.29, 0.717) is 11.4 Å². The fraction of sp³-hybridized carbons (Fsp3) is 0.0556. The first-order valence-corrected chi connectivity index (χ1v) is 7.98. The Morgan fingerprint density at radius 1 is 1.29 bits per heavy atom. The Morgan fingerprint density at radius 3 is 2.75 bits per heavy atom. The van der Waals surface area contributed by atoms with E-state index in [1.165, 1.54) is 6.08 Å². The van der Waals surface area contributed by atoms with Gasteiger partial charge < -0.3 is 5.32 Å². The molecule has 0 aliphatic rings. The number of carbonyl (C=O) groups is 1. The number of benzene rings is 1. The molecule has 1 amide bonds. The molecule has 5 nitrogen and oxygen atoms in total. The van der Waals surface area contributed by atoms with E-state index in [1.807, 2.05) is 43.5 Å². The monoisotopic (exact) mass is 380 g/mol. The zero-order valence-electron chi connectivity index (χ0n) is 12.8. The van der Waals surface area contributed by atoms with E-state index >= 15 is 0 Å². The number of rotatable bonds is 3. The molecule has 2 heterocycles. The summed E-state index contributed by atoms with van der Waals surface area (Å²) in [5.41, 5.74) is 3.15. The third-order valence-electron chi connectivity index (χ3n) is 3.46. The third-order valence-corrected chi connectivity index (χ3v) is 3.93. The van der Waals surface area contributed by atoms with Crippen LogP contribution < -0.4 is 5.32 Å². The molecule has 118 valence electrons. The molecule has 0 radical (unpaired) electrons. The van der Waals surface area contributed by atoms with Crippen LogP contribution in [-0.2, 0) is 4.79 Å². The maximum absolute atomic E-state index is 12.3. The van der Waals surface area contributed by atoms with Crippen LogP contribution in [0.4, 0.5) is 5.69 Å². The van der Waals surface area contributed by atoms with Gasteiger partial charge >= 0.3 is 0 Å². The van der Waals surface area contributed by atoms with Crippen LogP contribution in [0.1, 0.15) is 11.3 Å². The van der Waals surface area contributed by atoms with Crippen molar-refractivity contribution in [3.8, 4) is 6.07 Å². The molecule has 3 rings (SSSR count). The highest BCUT2D eigenvalue weighted by Crippen LogP contribution is 2.16. The molecule has 0 aliphatic heterocycles. The number of fused-ring (bicyclic) bond motifs is 1. The van der Waals surface area contributed by atoms with E-state index in [2.05, 4.69) is 26.2 Å². The average Bonchev–Trinajstić information content (AvgIpc) is 2.96. The Hall–Kier alpha value is -2.91. The molecule has 0 unspecified atom stereocenters. The summed E-state index contributed by atoms with van der Waals surface area (Å²) in [5.74, 6) is -0.453. The second-order valence-electron chi connectivity index (χ2n) is 5.25. The lowest BCUT2D eigenvalue weighted by molar-refractivity contribution is -0.112. The number of nitriles is 1. The SMILES string of the molecule is Cc1ccc(NC(=O)/C(C#N)=C\c2cnc3ccc(Br)cn23)cc1. The fourth-order valence-corrected chi connectivity index (χ4v) is 2.55. The minimum absolute atomic E-state index is 0.0114. The van der Waals surface area contributed by atoms with Crippen molar-refractivity contribution in [1.82, 2.24) is 9.38 Å². The second-order valence-corrected chi connectivity index (χ2v) is 6.16. The molecule has 0 atom stereocenters. The highest BCUT2D eigenvalue weighted by Gasteiger charge is 2.11. The van der Waals surface area contributed by atoms with Crippen molar-refractivity contribution in [3.63, 3.8) is 0 Å². The summed E-state index contributed by atoms with van der Waals surface area (Å²) in [6, 6.07) is 13.1. The van der Waals surface area contributed by atoms with Gasteiger partial charge in [0.25, 0.3) is 5.91 Å². The standard InChI is InChI=1S/C18H13BrN4O/c1-12-2-5-15(6-3-12)22-18(24)13(9-20)8-16-10-21-17-7-4-14(19)11-23(16)17/h2-8,10-11H,1H3,(H,22,24)/b13-8-. The molecule has 0 saturated carbocycles. The van der Waals surface area contributed by atoms with Gasteiger partial charge in [0.15, 0.2) is 0 Å². The Morgan fingerprint density at radius 2 is 2.04 bits per heavy atom. The van der Waals surface area contributed by atoms with Crippen molar-refractivity contribution < 1.29 is 4.79 Å². The van der Waals surface area contributed by atoms with Gasteiger partial charge in [0.2, 0.25) is 0 Å². The molecular weight excluding hydrogens is 368 g/mol. The first-order chi connectivity index (χ1) is 11.6. The normalized spacial score (nSPS) is 11.3. The Labute approximate surface area is 147 Å². The molecule has 1 N–H and O–H groups in total. The maximum atomic E-state index is 12.3. The molecule has 1 aromatic carbocycles. The fourth-order valence-electron chi connectivity index (χ4n) is 2.21. The molecule has 24 heavy (non-hydrogen) atoms. The van der Waals surface area contributed by atoms with Crippen molar-refractivity contribution in [3.05, 3.63) is 70.1 Å². The van der Waals surface area contributed by atoms with Crippen LogP contribution in [0.2, 0.25) is 0 Å². The van der Waals surface area contributed by atoms with E-state index in [4.69, 9.17) is 0 Å². The van der Waals surface area contributed by atoms with Crippen molar-refractivity contribution in [1.29, 1.82) is 5.26 Å². The Kier molecular flexibility index (Phi) is 4.45. The van der Waals surface area contributed by atoms with Gasteiger partial charge in [0.1, 0.15) is 17.3 Å². The minimum atomic E-state index is -0.453. The summed E-state index contributed by atoms with van der Waals surface area (Å²) in [4.78, 5) is 16.6. The number of carbonyl (C=O) groups excluding carboxylic acids is 1. The van der Waals surface area contributed by atoms with E-state index in [9.17, 15) is 10.1 Å². The topological polar surface area (TPSA) is 70.2 Å². The van der Waals surface area contributed by atoms with Crippen LogP contribution in [0.3, 0.4) is 0 Å². The minimum Gasteiger partial charge on any atom is -0.321 e. The van der Waals surface area contributed by atoms with Gasteiger partial charge in [-0.25, -0.2) is 4.98 Å². The number of hydrogen-bond acceptors (Lipinski definition) is 3. The number of pyridine rings is 1. The van der Waals surface area contributed by atoms with Crippen LogP contribution in [0.25, 0.3) is 11.7 Å². The summed E-state index contributed by atoms with van der Waals surface area (Å²) in [7, 11) is 0. The third kappa shape index (κ3) is 3.36. The van der Waals surface area contributed by atoms with Crippen molar-refractivity contribution in [2.75, 3.05) is 5.32 Å². The average molecular weight is 381 g/mol. The van der Waals surface area contributed by atoms with E-state index < -0.39 is 5.91 Å². The number of halogens is 1. The number of imidazole rings is 1. The highest BCUT2D eigenvalue weighted by atomic mass is 79.9. The lowest BCUT2D eigenvalue weighted by atomic mass is 10.2. The molecule has 2 aromatic heterocycles. The maximum Gasteiger partial charge on any atom is 0.266 e. The number of anilines is 1.